The molecule has 0 atom stereocenters. The zero-order valence-electron chi connectivity index (χ0n) is 11.0. The van der Waals surface area contributed by atoms with E-state index in [1.54, 1.807) is 10.1 Å². The van der Waals surface area contributed by atoms with Crippen LogP contribution in [0.3, 0.4) is 0 Å². The molecule has 0 aliphatic rings. The van der Waals surface area contributed by atoms with E-state index >= 15 is 0 Å². The van der Waals surface area contributed by atoms with Crippen LogP contribution in [0.4, 0.5) is 0 Å². The van der Waals surface area contributed by atoms with Gasteiger partial charge in [-0.3, -0.25) is 0 Å². The van der Waals surface area contributed by atoms with Crippen LogP contribution in [0, 0.1) is 0 Å². The third kappa shape index (κ3) is 39.6. The quantitative estimate of drug-likeness (QED) is 0.557. The average Bonchev–Trinajstić information content (AvgIpc) is 1.83. The number of nitrogens with zero attached hydrogens (tertiary/aromatic N) is 3. The Labute approximate surface area is 119 Å². The molecule has 0 bridgehead atoms. The zero-order valence-corrected chi connectivity index (χ0v) is 17.0. The van der Waals surface area contributed by atoms with Crippen molar-refractivity contribution in [2.24, 2.45) is 0 Å². The van der Waals surface area contributed by atoms with Crippen molar-refractivity contribution < 1.29 is 49.0 Å². The number of likely N-dealkylation sites (N-methyl/N-ethyl adjacent to an activating group) is 1. The van der Waals surface area contributed by atoms with E-state index in [0.29, 0.717) is 0 Å². The molecule has 0 heterocycles. The van der Waals surface area contributed by atoms with Crippen LogP contribution in [0.15, 0.2) is 0 Å². The van der Waals surface area contributed by atoms with Crippen molar-refractivity contribution in [2.45, 2.75) is 0 Å². The molecule has 7 heteroatoms. The molecule has 5 nitrogen and oxygen atoms in total. The predicted molar refractivity (Wildman–Crippen MR) is 54.1 cm³/mol. The molecule has 0 rings (SSSR count). The van der Waals surface area contributed by atoms with Gasteiger partial charge in [0, 0.05) is 73.7 Å². The van der Waals surface area contributed by atoms with Crippen LogP contribution < -0.4 is 0 Å². The summed E-state index contributed by atoms with van der Waals surface area (Å²) in [6, 6.07) is 0. The topological polar surface area (TPSA) is 39.2 Å². The molecule has 0 saturated heterocycles. The molecule has 0 aliphatic carbocycles. The molecule has 0 aromatic carbocycles. The predicted octanol–water partition coefficient (Wildman–Crippen LogP) is -0.508. The van der Waals surface area contributed by atoms with Crippen LogP contribution in [0.5, 0.6) is 0 Å². The van der Waals surface area contributed by atoms with Gasteiger partial charge < -0.3 is 10.0 Å². The molecular formula is C8H23N3O2Zn2. The number of hydrogen-bond acceptors (Lipinski definition) is 5. The summed E-state index contributed by atoms with van der Waals surface area (Å²) in [4.78, 5) is 6.85. The molecule has 0 amide bonds. The Bertz CT molecular complexity index is 99.9. The maximum absolute atomic E-state index is 8.20. The summed E-state index contributed by atoms with van der Waals surface area (Å²) >= 11 is 0. The number of rotatable bonds is 4. The molecule has 86 valence electrons. The monoisotopic (exact) mass is 321 g/mol. The first-order valence-corrected chi connectivity index (χ1v) is 4.18. The minimum absolute atomic E-state index is 0. The Kier molecular flexibility index (Phi) is 29.1. The van der Waals surface area contributed by atoms with Gasteiger partial charge in [0.25, 0.3) is 0 Å². The van der Waals surface area contributed by atoms with Crippen molar-refractivity contribution in [2.75, 3.05) is 55.4 Å². The van der Waals surface area contributed by atoms with E-state index in [1.165, 1.54) is 0 Å². The van der Waals surface area contributed by atoms with Gasteiger partial charge >= 0.3 is 0 Å². The van der Waals surface area contributed by atoms with Gasteiger partial charge in [-0.05, 0) is 14.1 Å². The van der Waals surface area contributed by atoms with Crippen LogP contribution in [0.25, 0.3) is 0 Å². The molecular weight excluding hydrogens is 301 g/mol. The summed E-state index contributed by atoms with van der Waals surface area (Å²) < 4.78 is 0. The average molecular weight is 324 g/mol. The SMILES string of the molecule is CN(C)CCO.CN(C)ON(C)C.[Zn].[Zn]. The van der Waals surface area contributed by atoms with Gasteiger partial charge in [-0.15, -0.1) is 0 Å². The van der Waals surface area contributed by atoms with Crippen LogP contribution >= 0.6 is 0 Å². The minimum atomic E-state index is 0. The molecule has 0 fully saturated rings. The van der Waals surface area contributed by atoms with Crippen molar-refractivity contribution in [1.82, 2.24) is 15.0 Å². The molecule has 0 radical (unpaired) electrons. The molecule has 0 aromatic heterocycles. The van der Waals surface area contributed by atoms with Gasteiger partial charge in [0.05, 0.1) is 6.61 Å². The van der Waals surface area contributed by atoms with Crippen molar-refractivity contribution in [1.29, 1.82) is 0 Å². The van der Waals surface area contributed by atoms with E-state index in [9.17, 15) is 0 Å². The maximum atomic E-state index is 8.20. The Morgan fingerprint density at radius 3 is 1.20 bits per heavy atom. The van der Waals surface area contributed by atoms with Crippen molar-refractivity contribution >= 4 is 0 Å². The van der Waals surface area contributed by atoms with Gasteiger partial charge in [-0.25, -0.2) is 4.94 Å². The first kappa shape index (κ1) is 25.0. The summed E-state index contributed by atoms with van der Waals surface area (Å²) in [7, 11) is 11.2. The number of hydrogen-bond donors (Lipinski definition) is 1. The summed E-state index contributed by atoms with van der Waals surface area (Å²) in [5, 5.41) is 11.4. The molecule has 0 unspecified atom stereocenters. The van der Waals surface area contributed by atoms with E-state index in [4.69, 9.17) is 10.0 Å². The van der Waals surface area contributed by atoms with Gasteiger partial charge in [0.2, 0.25) is 0 Å². The standard InChI is InChI=1S/C4H12N2O.C4H11NO.2Zn/c1-5(2)7-6(3)4;1-5(2)3-4-6;;/h1-4H3;6H,3-4H2,1-2H3;;. The molecule has 0 aromatic rings. The van der Waals surface area contributed by atoms with Crippen molar-refractivity contribution in [3.63, 3.8) is 0 Å². The Morgan fingerprint density at radius 1 is 0.867 bits per heavy atom. The van der Waals surface area contributed by atoms with Crippen LogP contribution in [-0.4, -0.2) is 75.6 Å². The second-order valence-electron chi connectivity index (χ2n) is 3.23. The molecule has 0 spiro atoms. The first-order valence-electron chi connectivity index (χ1n) is 4.18. The zero-order chi connectivity index (χ0) is 10.9. The smallest absolute Gasteiger partial charge is 0.0558 e. The Morgan fingerprint density at radius 2 is 1.20 bits per heavy atom. The van der Waals surface area contributed by atoms with Crippen molar-refractivity contribution in [3.05, 3.63) is 0 Å². The third-order valence-electron chi connectivity index (χ3n) is 0.874. The van der Waals surface area contributed by atoms with Crippen LogP contribution in [0.2, 0.25) is 0 Å². The van der Waals surface area contributed by atoms with Gasteiger partial charge in [0.1, 0.15) is 0 Å². The van der Waals surface area contributed by atoms with Crippen LogP contribution in [-0.2, 0) is 43.9 Å². The van der Waals surface area contributed by atoms with Gasteiger partial charge in [-0.1, -0.05) is 0 Å². The number of aliphatic hydroxyl groups excluding tert-OH is 1. The van der Waals surface area contributed by atoms with Crippen molar-refractivity contribution in [3.8, 4) is 0 Å². The summed E-state index contributed by atoms with van der Waals surface area (Å²) in [6.07, 6.45) is 0. The summed E-state index contributed by atoms with van der Waals surface area (Å²) in [6.45, 7) is 1.02. The second-order valence-corrected chi connectivity index (χ2v) is 3.23. The van der Waals surface area contributed by atoms with E-state index in [1.807, 2.05) is 47.2 Å². The number of aliphatic hydroxyl groups is 1. The second kappa shape index (κ2) is 17.4. The maximum Gasteiger partial charge on any atom is 0.0558 e. The number of hydroxylamine groups is 4. The van der Waals surface area contributed by atoms with E-state index < -0.39 is 0 Å². The van der Waals surface area contributed by atoms with E-state index in [0.717, 1.165) is 6.54 Å². The molecule has 15 heavy (non-hydrogen) atoms. The fraction of sp³-hybridized carbons (Fsp3) is 1.00. The molecule has 1 N–H and O–H groups in total. The van der Waals surface area contributed by atoms with Gasteiger partial charge in [0.15, 0.2) is 0 Å². The normalized spacial score (nSPS) is 9.20. The van der Waals surface area contributed by atoms with E-state index in [-0.39, 0.29) is 45.6 Å². The molecule has 0 aliphatic heterocycles. The summed E-state index contributed by atoms with van der Waals surface area (Å²) in [5.74, 6) is 0. The van der Waals surface area contributed by atoms with Gasteiger partial charge in [-0.2, -0.15) is 10.1 Å². The minimum Gasteiger partial charge on any atom is -0.395 e. The first-order chi connectivity index (χ1) is 5.90. The Hall–Kier alpha value is 1.05. The third-order valence-corrected chi connectivity index (χ3v) is 0.874. The van der Waals surface area contributed by atoms with Crippen LogP contribution in [0.1, 0.15) is 0 Å². The largest absolute Gasteiger partial charge is 0.395 e. The van der Waals surface area contributed by atoms with E-state index in [2.05, 4.69) is 0 Å². The Balaban J connectivity index is -0.0000000718. The fourth-order valence-corrected chi connectivity index (χ4v) is 0.527. The molecule has 0 saturated carbocycles. The summed E-state index contributed by atoms with van der Waals surface area (Å²) in [5.41, 5.74) is 0. The fourth-order valence-electron chi connectivity index (χ4n) is 0.527.